The first-order chi connectivity index (χ1) is 8.25. The molecule has 0 aromatic heterocycles. The molecule has 0 spiro atoms. The Labute approximate surface area is 112 Å². The Morgan fingerprint density at radius 1 is 1.33 bits per heavy atom. The van der Waals surface area contributed by atoms with Crippen LogP contribution in [0.25, 0.3) is 0 Å². The van der Waals surface area contributed by atoms with E-state index in [-0.39, 0.29) is 0 Å². The Morgan fingerprint density at radius 3 is 2.22 bits per heavy atom. The van der Waals surface area contributed by atoms with E-state index >= 15 is 0 Å². The van der Waals surface area contributed by atoms with E-state index in [0.717, 1.165) is 12.8 Å². The summed E-state index contributed by atoms with van der Waals surface area (Å²) in [5.74, 6) is 0.619. The first-order valence-electron chi connectivity index (χ1n) is 6.73. The summed E-state index contributed by atoms with van der Waals surface area (Å²) < 4.78 is 28.4. The van der Waals surface area contributed by atoms with Crippen molar-refractivity contribution in [1.82, 2.24) is 8.61 Å². The number of piperidine rings is 1. The second-order valence-electron chi connectivity index (χ2n) is 5.77. The van der Waals surface area contributed by atoms with Gasteiger partial charge in [-0.05, 0) is 32.6 Å². The smallest absolute Gasteiger partial charge is 0.282 e. The lowest BCUT2D eigenvalue weighted by Gasteiger charge is -2.40. The van der Waals surface area contributed by atoms with E-state index in [2.05, 4.69) is 6.92 Å². The molecular weight excluding hydrogens is 250 g/mol. The highest BCUT2D eigenvalue weighted by molar-refractivity contribution is 7.86. The molecule has 0 amide bonds. The van der Waals surface area contributed by atoms with E-state index in [1.54, 1.807) is 4.31 Å². The van der Waals surface area contributed by atoms with Crippen molar-refractivity contribution in [3.05, 3.63) is 0 Å². The zero-order valence-corrected chi connectivity index (χ0v) is 12.8. The van der Waals surface area contributed by atoms with Gasteiger partial charge in [0.25, 0.3) is 10.2 Å². The van der Waals surface area contributed by atoms with Crippen LogP contribution in [0.15, 0.2) is 0 Å². The maximum absolute atomic E-state index is 12.6. The molecule has 0 atom stereocenters. The SMILES string of the molecule is CCN(C(C)(C)CN)S(=O)(=O)N1CCC(C)CC1. The fourth-order valence-electron chi connectivity index (χ4n) is 2.36. The average molecular weight is 277 g/mol. The summed E-state index contributed by atoms with van der Waals surface area (Å²) >= 11 is 0. The Kier molecular flexibility index (Phi) is 5.17. The van der Waals surface area contributed by atoms with E-state index in [0.29, 0.717) is 32.1 Å². The fourth-order valence-corrected chi connectivity index (χ4v) is 4.34. The van der Waals surface area contributed by atoms with E-state index in [1.165, 1.54) is 4.31 Å². The van der Waals surface area contributed by atoms with E-state index in [4.69, 9.17) is 5.73 Å². The van der Waals surface area contributed by atoms with Gasteiger partial charge in [-0.15, -0.1) is 0 Å². The summed E-state index contributed by atoms with van der Waals surface area (Å²) in [7, 11) is -3.38. The summed E-state index contributed by atoms with van der Waals surface area (Å²) in [5, 5.41) is 0. The van der Waals surface area contributed by atoms with E-state index in [1.807, 2.05) is 20.8 Å². The predicted octanol–water partition coefficient (Wildman–Crippen LogP) is 1.02. The average Bonchev–Trinajstić information content (AvgIpc) is 2.29. The number of hydrogen-bond donors (Lipinski definition) is 1. The van der Waals surface area contributed by atoms with Gasteiger partial charge in [0.15, 0.2) is 0 Å². The van der Waals surface area contributed by atoms with Crippen molar-refractivity contribution in [2.24, 2.45) is 11.7 Å². The van der Waals surface area contributed by atoms with Crippen molar-refractivity contribution < 1.29 is 8.42 Å². The standard InChI is InChI=1S/C12H27N3O2S/c1-5-15(12(3,4)10-13)18(16,17)14-8-6-11(2)7-9-14/h11H,5-10,13H2,1-4H3. The van der Waals surface area contributed by atoms with Crippen LogP contribution in [0.2, 0.25) is 0 Å². The zero-order chi connectivity index (χ0) is 14.0. The van der Waals surface area contributed by atoms with Gasteiger partial charge < -0.3 is 5.73 Å². The van der Waals surface area contributed by atoms with Crippen molar-refractivity contribution in [1.29, 1.82) is 0 Å². The maximum atomic E-state index is 12.6. The quantitative estimate of drug-likeness (QED) is 0.816. The van der Waals surface area contributed by atoms with Crippen LogP contribution >= 0.6 is 0 Å². The zero-order valence-electron chi connectivity index (χ0n) is 12.0. The Hall–Kier alpha value is -0.170. The number of hydrogen-bond acceptors (Lipinski definition) is 3. The van der Waals surface area contributed by atoms with Crippen molar-refractivity contribution in [2.75, 3.05) is 26.2 Å². The third-order valence-electron chi connectivity index (χ3n) is 3.81. The van der Waals surface area contributed by atoms with Crippen LogP contribution in [0.1, 0.15) is 40.5 Å². The van der Waals surface area contributed by atoms with Gasteiger partial charge >= 0.3 is 0 Å². The molecule has 18 heavy (non-hydrogen) atoms. The third kappa shape index (κ3) is 3.23. The maximum Gasteiger partial charge on any atom is 0.282 e. The van der Waals surface area contributed by atoms with Gasteiger partial charge in [0, 0.05) is 31.7 Å². The second-order valence-corrected chi connectivity index (χ2v) is 7.62. The molecule has 1 heterocycles. The number of rotatable bonds is 5. The monoisotopic (exact) mass is 277 g/mol. The molecule has 1 fully saturated rings. The third-order valence-corrected chi connectivity index (χ3v) is 6.14. The van der Waals surface area contributed by atoms with Crippen LogP contribution in [-0.4, -0.2) is 48.7 Å². The van der Waals surface area contributed by atoms with Gasteiger partial charge in [0.05, 0.1) is 0 Å². The number of nitrogens with zero attached hydrogens (tertiary/aromatic N) is 2. The molecule has 0 aromatic carbocycles. The minimum absolute atomic E-state index is 0.324. The summed E-state index contributed by atoms with van der Waals surface area (Å²) in [6.45, 7) is 9.82. The van der Waals surface area contributed by atoms with Crippen molar-refractivity contribution in [3.63, 3.8) is 0 Å². The summed E-state index contributed by atoms with van der Waals surface area (Å²) in [5.41, 5.74) is 5.18. The van der Waals surface area contributed by atoms with Gasteiger partial charge in [0.1, 0.15) is 0 Å². The van der Waals surface area contributed by atoms with Crippen molar-refractivity contribution in [3.8, 4) is 0 Å². The largest absolute Gasteiger partial charge is 0.329 e. The normalized spacial score (nSPS) is 20.6. The highest BCUT2D eigenvalue weighted by Gasteiger charge is 2.38. The van der Waals surface area contributed by atoms with Crippen LogP contribution < -0.4 is 5.73 Å². The van der Waals surface area contributed by atoms with Crippen LogP contribution in [0.5, 0.6) is 0 Å². The molecule has 108 valence electrons. The van der Waals surface area contributed by atoms with Gasteiger partial charge in [0.2, 0.25) is 0 Å². The molecule has 0 aromatic rings. The molecule has 1 aliphatic heterocycles. The molecular formula is C12H27N3O2S. The predicted molar refractivity (Wildman–Crippen MR) is 74.4 cm³/mol. The van der Waals surface area contributed by atoms with Gasteiger partial charge in [-0.3, -0.25) is 0 Å². The minimum atomic E-state index is -3.38. The minimum Gasteiger partial charge on any atom is -0.329 e. The van der Waals surface area contributed by atoms with E-state index in [9.17, 15) is 8.42 Å². The molecule has 0 aliphatic carbocycles. The molecule has 2 N–H and O–H groups in total. The second kappa shape index (κ2) is 5.86. The van der Waals surface area contributed by atoms with E-state index < -0.39 is 15.7 Å². The Bertz CT molecular complexity index is 360. The number of nitrogens with two attached hydrogens (primary N) is 1. The lowest BCUT2D eigenvalue weighted by atomic mass is 10.0. The Balaban J connectivity index is 2.90. The highest BCUT2D eigenvalue weighted by Crippen LogP contribution is 2.25. The van der Waals surface area contributed by atoms with Crippen LogP contribution in [0.3, 0.4) is 0 Å². The highest BCUT2D eigenvalue weighted by atomic mass is 32.2. The molecule has 0 bridgehead atoms. The molecule has 1 aliphatic rings. The summed E-state index contributed by atoms with van der Waals surface area (Å²) in [4.78, 5) is 0. The van der Waals surface area contributed by atoms with Gasteiger partial charge in [-0.1, -0.05) is 13.8 Å². The topological polar surface area (TPSA) is 66.6 Å². The first-order valence-corrected chi connectivity index (χ1v) is 8.13. The van der Waals surface area contributed by atoms with Gasteiger partial charge in [-0.25, -0.2) is 0 Å². The lowest BCUT2D eigenvalue weighted by Crippen LogP contribution is -2.57. The lowest BCUT2D eigenvalue weighted by molar-refractivity contribution is 0.206. The summed E-state index contributed by atoms with van der Waals surface area (Å²) in [6.07, 6.45) is 1.89. The fraction of sp³-hybridized carbons (Fsp3) is 1.00. The number of likely N-dealkylation sites (N-methyl/N-ethyl adjacent to an activating group) is 1. The Morgan fingerprint density at radius 2 is 1.83 bits per heavy atom. The molecule has 0 radical (unpaired) electrons. The molecule has 1 rings (SSSR count). The van der Waals surface area contributed by atoms with Crippen molar-refractivity contribution >= 4 is 10.2 Å². The van der Waals surface area contributed by atoms with Crippen LogP contribution in [-0.2, 0) is 10.2 Å². The first kappa shape index (κ1) is 15.9. The summed E-state index contributed by atoms with van der Waals surface area (Å²) in [6, 6.07) is 0. The van der Waals surface area contributed by atoms with Crippen molar-refractivity contribution in [2.45, 2.75) is 46.1 Å². The molecule has 5 nitrogen and oxygen atoms in total. The molecule has 0 unspecified atom stereocenters. The molecule has 0 saturated carbocycles. The molecule has 6 heteroatoms. The van der Waals surface area contributed by atoms with Gasteiger partial charge in [-0.2, -0.15) is 17.0 Å². The van der Waals surface area contributed by atoms with Crippen LogP contribution in [0, 0.1) is 5.92 Å². The van der Waals surface area contributed by atoms with Crippen LogP contribution in [0.4, 0.5) is 0 Å². The molecule has 1 saturated heterocycles.